The van der Waals surface area contributed by atoms with Crippen LogP contribution in [-0.2, 0) is 6.67 Å². The maximum absolute atomic E-state index is 13.1. The lowest BCUT2D eigenvalue weighted by Gasteiger charge is -2.37. The van der Waals surface area contributed by atoms with Gasteiger partial charge in [-0.15, -0.1) is 5.10 Å². The van der Waals surface area contributed by atoms with Crippen molar-refractivity contribution >= 4 is 5.69 Å². The zero-order chi connectivity index (χ0) is 20.4. The van der Waals surface area contributed by atoms with Gasteiger partial charge in [0.1, 0.15) is 24.3 Å². The Kier molecular flexibility index (Phi) is 5.35. The first-order valence-corrected chi connectivity index (χ1v) is 9.56. The molecule has 2 heterocycles. The van der Waals surface area contributed by atoms with E-state index in [1.54, 1.807) is 0 Å². The fraction of sp³-hybridized carbons (Fsp3) is 0.333. The lowest BCUT2D eigenvalue weighted by atomic mass is 10.2. The van der Waals surface area contributed by atoms with Crippen molar-refractivity contribution in [1.29, 1.82) is 0 Å². The largest absolute Gasteiger partial charge is 0.485 e. The Hall–Kier alpha value is -3.13. The van der Waals surface area contributed by atoms with Gasteiger partial charge in [0, 0.05) is 18.7 Å². The minimum Gasteiger partial charge on any atom is -0.485 e. The molecule has 29 heavy (non-hydrogen) atoms. The highest BCUT2D eigenvalue weighted by Crippen LogP contribution is 2.32. The molecule has 0 aliphatic carbocycles. The zero-order valence-corrected chi connectivity index (χ0v) is 16.4. The zero-order valence-electron chi connectivity index (χ0n) is 16.4. The molecule has 0 bridgehead atoms. The summed E-state index contributed by atoms with van der Waals surface area (Å²) < 4.78 is 25.7. The third kappa shape index (κ3) is 4.17. The maximum Gasteiger partial charge on any atom is 0.438 e. The Labute approximate surface area is 167 Å². The number of benzene rings is 2. The summed E-state index contributed by atoms with van der Waals surface area (Å²) in [5, 5.41) is 4.23. The highest BCUT2D eigenvalue weighted by Gasteiger charge is 2.25. The molecule has 0 amide bonds. The quantitative estimate of drug-likeness (QED) is 0.636. The lowest BCUT2D eigenvalue weighted by molar-refractivity contribution is 0.122. The Morgan fingerprint density at radius 1 is 1.21 bits per heavy atom. The fourth-order valence-corrected chi connectivity index (χ4v) is 3.51. The van der Waals surface area contributed by atoms with E-state index in [1.807, 2.05) is 30.1 Å². The molecule has 1 atom stereocenters. The summed E-state index contributed by atoms with van der Waals surface area (Å²) in [6.45, 7) is 4.67. The van der Waals surface area contributed by atoms with Gasteiger partial charge in [0.15, 0.2) is 0 Å². The van der Waals surface area contributed by atoms with Crippen LogP contribution in [0.2, 0.25) is 0 Å². The number of hydrogen-bond donors (Lipinski definition) is 0. The first kappa shape index (κ1) is 19.2. The molecule has 3 aromatic rings. The highest BCUT2D eigenvalue weighted by molar-refractivity contribution is 5.60. The van der Waals surface area contributed by atoms with E-state index in [4.69, 9.17) is 9.15 Å². The smallest absolute Gasteiger partial charge is 0.438 e. The van der Waals surface area contributed by atoms with Gasteiger partial charge in [-0.1, -0.05) is 12.1 Å². The lowest BCUT2D eigenvalue weighted by Crippen LogP contribution is -2.46. The summed E-state index contributed by atoms with van der Waals surface area (Å²) in [5.41, 5.74) is 1.65. The standard InChI is InChI=1S/C21H23FN4O3/c1-3-25-13-17(28-19-7-5-4-6-18(19)25)12-24(2)14-26-21(27)29-20(23-26)15-8-10-16(22)11-9-15/h4-11,17H,3,12-14H2,1-2H3/t17-/m1/s1. The molecule has 1 aromatic heterocycles. The van der Waals surface area contributed by atoms with Crippen molar-refractivity contribution in [3.8, 4) is 17.2 Å². The van der Waals surface area contributed by atoms with E-state index < -0.39 is 5.76 Å². The molecule has 0 spiro atoms. The van der Waals surface area contributed by atoms with Gasteiger partial charge < -0.3 is 14.1 Å². The van der Waals surface area contributed by atoms with Crippen LogP contribution in [0.3, 0.4) is 0 Å². The second kappa shape index (κ2) is 8.08. The van der Waals surface area contributed by atoms with Crippen LogP contribution in [0, 0.1) is 5.82 Å². The summed E-state index contributed by atoms with van der Waals surface area (Å²) >= 11 is 0. The number of aromatic nitrogens is 2. The van der Waals surface area contributed by atoms with Crippen molar-refractivity contribution in [1.82, 2.24) is 14.7 Å². The van der Waals surface area contributed by atoms with Gasteiger partial charge in [-0.25, -0.2) is 9.18 Å². The van der Waals surface area contributed by atoms with Crippen LogP contribution < -0.4 is 15.4 Å². The van der Waals surface area contributed by atoms with Crippen LogP contribution in [0.15, 0.2) is 57.7 Å². The van der Waals surface area contributed by atoms with Crippen molar-refractivity contribution in [3.63, 3.8) is 0 Å². The maximum atomic E-state index is 13.1. The highest BCUT2D eigenvalue weighted by atomic mass is 19.1. The number of anilines is 1. The summed E-state index contributed by atoms with van der Waals surface area (Å²) in [5.74, 6) is 0.131. The average Bonchev–Trinajstić information content (AvgIpc) is 3.08. The number of fused-ring (bicyclic) bond motifs is 1. The number of halogens is 1. The molecule has 0 N–H and O–H groups in total. The van der Waals surface area contributed by atoms with Gasteiger partial charge in [-0.3, -0.25) is 4.90 Å². The first-order valence-electron chi connectivity index (χ1n) is 9.56. The van der Waals surface area contributed by atoms with Crippen molar-refractivity contribution < 1.29 is 13.5 Å². The van der Waals surface area contributed by atoms with Gasteiger partial charge in [-0.2, -0.15) is 4.68 Å². The predicted octanol–water partition coefficient (Wildman–Crippen LogP) is 2.82. The van der Waals surface area contributed by atoms with Crippen LogP contribution in [0.5, 0.6) is 5.75 Å². The predicted molar refractivity (Wildman–Crippen MR) is 108 cm³/mol. The topological polar surface area (TPSA) is 63.7 Å². The number of hydrogen-bond acceptors (Lipinski definition) is 6. The third-order valence-corrected chi connectivity index (χ3v) is 4.89. The number of para-hydroxylation sites is 2. The Morgan fingerprint density at radius 3 is 2.72 bits per heavy atom. The van der Waals surface area contributed by atoms with Crippen molar-refractivity contribution in [2.24, 2.45) is 0 Å². The van der Waals surface area contributed by atoms with Crippen LogP contribution in [0.25, 0.3) is 11.5 Å². The van der Waals surface area contributed by atoms with E-state index in [-0.39, 0.29) is 24.5 Å². The molecule has 0 saturated carbocycles. The molecule has 0 saturated heterocycles. The molecule has 0 unspecified atom stereocenters. The molecule has 1 aliphatic heterocycles. The van der Waals surface area contributed by atoms with E-state index in [0.717, 1.165) is 24.5 Å². The summed E-state index contributed by atoms with van der Waals surface area (Å²) in [7, 11) is 1.90. The number of nitrogens with zero attached hydrogens (tertiary/aromatic N) is 4. The van der Waals surface area contributed by atoms with Gasteiger partial charge in [-0.05, 0) is 50.4 Å². The molecule has 152 valence electrons. The van der Waals surface area contributed by atoms with E-state index in [9.17, 15) is 9.18 Å². The summed E-state index contributed by atoms with van der Waals surface area (Å²) in [4.78, 5) is 16.4. The number of ether oxygens (including phenoxy) is 1. The molecule has 2 aromatic carbocycles. The molecular weight excluding hydrogens is 375 g/mol. The van der Waals surface area contributed by atoms with Crippen LogP contribution in [-0.4, -0.2) is 47.5 Å². The van der Waals surface area contributed by atoms with Crippen LogP contribution in [0.4, 0.5) is 10.1 Å². The van der Waals surface area contributed by atoms with Gasteiger partial charge in [0.05, 0.1) is 12.2 Å². The van der Waals surface area contributed by atoms with E-state index in [0.29, 0.717) is 12.1 Å². The Bertz CT molecular complexity index is 1030. The number of likely N-dealkylation sites (N-methyl/N-ethyl adjacent to an activating group) is 2. The third-order valence-electron chi connectivity index (χ3n) is 4.89. The second-order valence-electron chi connectivity index (χ2n) is 7.11. The van der Waals surface area contributed by atoms with E-state index >= 15 is 0 Å². The molecule has 1 aliphatic rings. The van der Waals surface area contributed by atoms with Crippen LogP contribution in [0.1, 0.15) is 6.92 Å². The normalized spacial score (nSPS) is 16.0. The molecule has 0 radical (unpaired) electrons. The molecular formula is C21H23FN4O3. The molecule has 0 fully saturated rings. The number of rotatable bonds is 6. The van der Waals surface area contributed by atoms with Crippen molar-refractivity contribution in [3.05, 3.63) is 64.9 Å². The average molecular weight is 398 g/mol. The first-order chi connectivity index (χ1) is 14.0. The minimum absolute atomic E-state index is 0.0333. The SMILES string of the molecule is CCN1C[C@@H](CN(C)Cn2nc(-c3ccc(F)cc3)oc2=O)Oc2ccccc21. The monoisotopic (exact) mass is 398 g/mol. The minimum atomic E-state index is -0.554. The van der Waals surface area contributed by atoms with E-state index in [2.05, 4.69) is 23.0 Å². The molecule has 8 heteroatoms. The second-order valence-corrected chi connectivity index (χ2v) is 7.11. The molecule has 7 nitrogen and oxygen atoms in total. The van der Waals surface area contributed by atoms with Gasteiger partial charge in [0.25, 0.3) is 0 Å². The van der Waals surface area contributed by atoms with Crippen molar-refractivity contribution in [2.75, 3.05) is 31.6 Å². The van der Waals surface area contributed by atoms with Crippen molar-refractivity contribution in [2.45, 2.75) is 19.7 Å². The van der Waals surface area contributed by atoms with Crippen LogP contribution >= 0.6 is 0 Å². The van der Waals surface area contributed by atoms with E-state index in [1.165, 1.54) is 28.9 Å². The van der Waals surface area contributed by atoms with Gasteiger partial charge >= 0.3 is 5.76 Å². The molecule has 4 rings (SSSR count). The Morgan fingerprint density at radius 2 is 1.97 bits per heavy atom. The summed E-state index contributed by atoms with van der Waals surface area (Å²) in [6, 6.07) is 13.7. The van der Waals surface area contributed by atoms with Gasteiger partial charge in [0.2, 0.25) is 5.89 Å². The summed E-state index contributed by atoms with van der Waals surface area (Å²) in [6.07, 6.45) is -0.0333. The fourth-order valence-electron chi connectivity index (χ4n) is 3.51. The Balaban J connectivity index is 1.43.